The molecule has 5 nitrogen and oxygen atoms in total. The Morgan fingerprint density at radius 1 is 1.15 bits per heavy atom. The van der Waals surface area contributed by atoms with Crippen LogP contribution in [0.3, 0.4) is 0 Å². The number of thioether (sulfide) groups is 1. The van der Waals surface area contributed by atoms with Crippen LogP contribution in [0.4, 0.5) is 0 Å². The Balaban J connectivity index is 1.82. The zero-order valence-corrected chi connectivity index (χ0v) is 16.6. The van der Waals surface area contributed by atoms with Crippen molar-refractivity contribution in [2.75, 3.05) is 7.05 Å². The summed E-state index contributed by atoms with van der Waals surface area (Å²) in [7, 11) is 1.81. The molecule has 0 spiro atoms. The molecular formula is C17H13Cl2N3O2S2. The summed E-state index contributed by atoms with van der Waals surface area (Å²) in [5, 5.41) is 7.45. The van der Waals surface area contributed by atoms with Gasteiger partial charge in [0.2, 0.25) is 0 Å². The fourth-order valence-electron chi connectivity index (χ4n) is 2.19. The van der Waals surface area contributed by atoms with E-state index in [-0.39, 0.29) is 6.04 Å². The Morgan fingerprint density at radius 2 is 1.73 bits per heavy atom. The summed E-state index contributed by atoms with van der Waals surface area (Å²) < 4.78 is 0.566. The first-order valence-corrected chi connectivity index (χ1v) is 9.44. The molecule has 1 heterocycles. The third kappa shape index (κ3) is 4.55. The lowest BCUT2D eigenvalue weighted by Gasteiger charge is -2.33. The topological polar surface area (TPSA) is 53.9 Å². The van der Waals surface area contributed by atoms with Gasteiger partial charge in [0.15, 0.2) is 4.32 Å². The molecule has 0 radical (unpaired) electrons. The zero-order valence-electron chi connectivity index (χ0n) is 13.5. The number of hydrazine groups is 1. The molecule has 0 aliphatic carbocycles. The van der Waals surface area contributed by atoms with Crippen LogP contribution in [0.1, 0.15) is 22.0 Å². The van der Waals surface area contributed by atoms with Gasteiger partial charge < -0.3 is 4.84 Å². The van der Waals surface area contributed by atoms with Gasteiger partial charge in [0, 0.05) is 17.1 Å². The molecule has 0 amide bonds. The first kappa shape index (κ1) is 19.1. The van der Waals surface area contributed by atoms with Crippen LogP contribution in [0, 0.1) is 0 Å². The normalized spacial score (nSPS) is 18.9. The SMILES string of the molecule is CN1NC(c2ccc(Cl)cc2)/C(=N/OC(=O)c2ccc(Cl)cc2)SC1=S. The summed E-state index contributed by atoms with van der Waals surface area (Å²) in [6, 6.07) is 13.4. The van der Waals surface area contributed by atoms with Crippen molar-refractivity contribution >= 4 is 62.5 Å². The van der Waals surface area contributed by atoms with E-state index in [0.717, 1.165) is 5.56 Å². The average Bonchev–Trinajstić information content (AvgIpc) is 2.63. The first-order valence-electron chi connectivity index (χ1n) is 7.46. The van der Waals surface area contributed by atoms with Crippen molar-refractivity contribution in [2.45, 2.75) is 6.04 Å². The molecule has 9 heteroatoms. The third-order valence-electron chi connectivity index (χ3n) is 3.54. The predicted octanol–water partition coefficient (Wildman–Crippen LogP) is 4.67. The van der Waals surface area contributed by atoms with E-state index in [1.165, 1.54) is 11.8 Å². The Kier molecular flexibility index (Phi) is 6.16. The van der Waals surface area contributed by atoms with Gasteiger partial charge in [-0.05, 0) is 53.7 Å². The molecule has 1 saturated heterocycles. The fraction of sp³-hybridized carbons (Fsp3) is 0.118. The van der Waals surface area contributed by atoms with Gasteiger partial charge in [-0.25, -0.2) is 10.2 Å². The van der Waals surface area contributed by atoms with E-state index >= 15 is 0 Å². The number of nitrogens with zero attached hydrogens (tertiary/aromatic N) is 2. The van der Waals surface area contributed by atoms with E-state index in [1.54, 1.807) is 41.4 Å². The minimum absolute atomic E-state index is 0.313. The Hall–Kier alpha value is -1.64. The van der Waals surface area contributed by atoms with Crippen molar-refractivity contribution in [3.05, 3.63) is 69.7 Å². The molecule has 1 aliphatic heterocycles. The van der Waals surface area contributed by atoms with Crippen LogP contribution in [-0.2, 0) is 4.84 Å². The van der Waals surface area contributed by atoms with Gasteiger partial charge in [0.1, 0.15) is 11.1 Å². The number of carbonyl (C=O) groups excluding carboxylic acids is 1. The lowest BCUT2D eigenvalue weighted by Crippen LogP contribution is -2.47. The maximum atomic E-state index is 12.2. The number of hydrogen-bond donors (Lipinski definition) is 1. The van der Waals surface area contributed by atoms with Gasteiger partial charge in [0.05, 0.1) is 5.56 Å². The Bertz CT molecular complexity index is 857. The van der Waals surface area contributed by atoms with E-state index in [1.807, 2.05) is 19.2 Å². The molecule has 0 aromatic heterocycles. The van der Waals surface area contributed by atoms with E-state index in [2.05, 4.69) is 10.6 Å². The molecule has 1 atom stereocenters. The zero-order chi connectivity index (χ0) is 18.7. The lowest BCUT2D eigenvalue weighted by atomic mass is 10.1. The van der Waals surface area contributed by atoms with Crippen molar-refractivity contribution in [1.82, 2.24) is 10.4 Å². The van der Waals surface area contributed by atoms with Gasteiger partial charge in [0.25, 0.3) is 0 Å². The third-order valence-corrected chi connectivity index (χ3v) is 5.53. The largest absolute Gasteiger partial charge is 0.365 e. The number of hydrogen-bond acceptors (Lipinski definition) is 6. The molecular weight excluding hydrogens is 413 g/mol. The van der Waals surface area contributed by atoms with Crippen LogP contribution in [-0.4, -0.2) is 27.4 Å². The summed E-state index contributed by atoms with van der Waals surface area (Å²) in [4.78, 5) is 17.3. The summed E-state index contributed by atoms with van der Waals surface area (Å²) in [5.74, 6) is -0.575. The minimum Gasteiger partial charge on any atom is -0.312 e. The molecule has 2 aromatic rings. The van der Waals surface area contributed by atoms with E-state index < -0.39 is 5.97 Å². The van der Waals surface area contributed by atoms with Crippen molar-refractivity contribution in [2.24, 2.45) is 5.16 Å². The van der Waals surface area contributed by atoms with E-state index in [9.17, 15) is 4.79 Å². The molecule has 26 heavy (non-hydrogen) atoms. The molecule has 1 fully saturated rings. The number of nitrogens with one attached hydrogen (secondary N) is 1. The quantitative estimate of drug-likeness (QED) is 0.437. The summed E-state index contributed by atoms with van der Waals surface area (Å²) in [6.45, 7) is 0. The van der Waals surface area contributed by atoms with Gasteiger partial charge in [-0.3, -0.25) is 5.01 Å². The second kappa shape index (κ2) is 8.37. The molecule has 1 unspecified atom stereocenters. The summed E-state index contributed by atoms with van der Waals surface area (Å²) >= 11 is 18.3. The van der Waals surface area contributed by atoms with Crippen molar-refractivity contribution in [3.63, 3.8) is 0 Å². The molecule has 3 rings (SSSR count). The van der Waals surface area contributed by atoms with Crippen LogP contribution >= 0.6 is 47.2 Å². The lowest BCUT2D eigenvalue weighted by molar-refractivity contribution is 0.0515. The maximum Gasteiger partial charge on any atom is 0.365 e. The summed E-state index contributed by atoms with van der Waals surface area (Å²) in [5.41, 5.74) is 4.48. The first-order chi connectivity index (χ1) is 12.4. The standard InChI is InChI=1S/C17H13Cl2N3O2S2/c1-22-17(25)26-15(14(20-22)10-2-6-12(18)7-3-10)21-24-16(23)11-4-8-13(19)9-5-11/h2-9,14,20H,1H3/b21-15-. The average molecular weight is 426 g/mol. The van der Waals surface area contributed by atoms with Crippen LogP contribution < -0.4 is 5.43 Å². The predicted molar refractivity (Wildman–Crippen MR) is 110 cm³/mol. The van der Waals surface area contributed by atoms with Gasteiger partial charge in [-0.2, -0.15) is 0 Å². The van der Waals surface area contributed by atoms with Crippen LogP contribution in [0.25, 0.3) is 0 Å². The van der Waals surface area contributed by atoms with Crippen LogP contribution in [0.2, 0.25) is 10.0 Å². The van der Waals surface area contributed by atoms with E-state index in [0.29, 0.717) is 25.0 Å². The Labute approximate surface area is 170 Å². The second-order valence-corrected chi connectivity index (χ2v) is 7.88. The van der Waals surface area contributed by atoms with Crippen LogP contribution in [0.15, 0.2) is 53.7 Å². The van der Waals surface area contributed by atoms with Crippen molar-refractivity contribution in [3.8, 4) is 0 Å². The number of carbonyl (C=O) groups is 1. The number of rotatable bonds is 3. The highest BCUT2D eigenvalue weighted by Gasteiger charge is 2.29. The fourth-order valence-corrected chi connectivity index (χ4v) is 3.50. The number of thiocarbonyl (C=S) groups is 1. The smallest absolute Gasteiger partial charge is 0.312 e. The molecule has 1 aliphatic rings. The highest BCUT2D eigenvalue weighted by Crippen LogP contribution is 2.29. The highest BCUT2D eigenvalue weighted by molar-refractivity contribution is 8.33. The molecule has 0 saturated carbocycles. The van der Waals surface area contributed by atoms with Gasteiger partial charge in [-0.15, -0.1) is 0 Å². The molecule has 2 aromatic carbocycles. The van der Waals surface area contributed by atoms with Gasteiger partial charge >= 0.3 is 5.97 Å². The maximum absolute atomic E-state index is 12.2. The number of halogens is 2. The monoisotopic (exact) mass is 425 g/mol. The molecule has 0 bridgehead atoms. The summed E-state index contributed by atoms with van der Waals surface area (Å²) in [6.07, 6.45) is 0. The second-order valence-electron chi connectivity index (χ2n) is 5.36. The van der Waals surface area contributed by atoms with E-state index in [4.69, 9.17) is 40.3 Å². The molecule has 134 valence electrons. The number of benzene rings is 2. The molecule has 1 N–H and O–H groups in total. The van der Waals surface area contributed by atoms with Crippen molar-refractivity contribution in [1.29, 1.82) is 0 Å². The highest BCUT2D eigenvalue weighted by atomic mass is 35.5. The van der Waals surface area contributed by atoms with Crippen molar-refractivity contribution < 1.29 is 9.63 Å². The van der Waals surface area contributed by atoms with Crippen LogP contribution in [0.5, 0.6) is 0 Å². The number of oxime groups is 1. The van der Waals surface area contributed by atoms with Gasteiger partial charge in [-0.1, -0.05) is 52.7 Å². The Morgan fingerprint density at radius 3 is 2.35 bits per heavy atom. The minimum atomic E-state index is -0.575.